The largest absolute Gasteiger partial charge is 0.465 e. The third-order valence-corrected chi connectivity index (χ3v) is 9.27. The first-order valence-electron chi connectivity index (χ1n) is 13.6. The Labute approximate surface area is 242 Å². The lowest BCUT2D eigenvalue weighted by Crippen LogP contribution is -2.50. The van der Waals surface area contributed by atoms with Gasteiger partial charge in [0.15, 0.2) is 15.7 Å². The minimum atomic E-state index is -3.37. The number of rotatable bonds is 5. The molecule has 0 atom stereocenters. The molecule has 3 heterocycles. The number of fused-ring (bicyclic) bond motifs is 5. The van der Waals surface area contributed by atoms with Crippen molar-refractivity contribution < 1.29 is 18.3 Å². The molecule has 2 aromatic heterocycles. The van der Waals surface area contributed by atoms with Crippen molar-refractivity contribution in [3.05, 3.63) is 96.7 Å². The number of nitrogens with one attached hydrogen (secondary N) is 2. The molecular weight excluding hydrogens is 550 g/mol. The van der Waals surface area contributed by atoms with Gasteiger partial charge in [-0.2, -0.15) is 0 Å². The molecule has 0 unspecified atom stereocenters. The SMILES string of the molecule is CS(=O)(=O)c1ccc(-c2nc3n(c2-c2ccc(C4(NC(=O)O)CCC4)cc2)-c2cccnc2Nc2ccccc2-3)cc1. The van der Waals surface area contributed by atoms with E-state index in [0.717, 1.165) is 58.6 Å². The Balaban J connectivity index is 1.48. The van der Waals surface area contributed by atoms with Gasteiger partial charge in [-0.15, -0.1) is 0 Å². The van der Waals surface area contributed by atoms with Crippen molar-refractivity contribution in [2.45, 2.75) is 29.7 Å². The Bertz CT molecular complexity index is 1960. The predicted octanol–water partition coefficient (Wildman–Crippen LogP) is 6.38. The number of carboxylic acid groups (broad SMARTS) is 1. The molecule has 7 rings (SSSR count). The van der Waals surface area contributed by atoms with Gasteiger partial charge in [-0.1, -0.05) is 48.5 Å². The second kappa shape index (κ2) is 9.56. The maximum atomic E-state index is 12.2. The van der Waals surface area contributed by atoms with Gasteiger partial charge in [-0.05, 0) is 61.2 Å². The number of anilines is 2. The Morgan fingerprint density at radius 2 is 1.67 bits per heavy atom. The smallest absolute Gasteiger partial charge is 0.405 e. The third-order valence-electron chi connectivity index (χ3n) is 8.15. The molecule has 10 heteroatoms. The molecule has 1 fully saturated rings. The molecule has 0 bridgehead atoms. The van der Waals surface area contributed by atoms with E-state index in [2.05, 4.69) is 20.2 Å². The number of amides is 1. The van der Waals surface area contributed by atoms with Crippen LogP contribution in [0, 0.1) is 0 Å². The number of carbonyl (C=O) groups is 1. The van der Waals surface area contributed by atoms with Crippen LogP contribution in [0.15, 0.2) is 96.0 Å². The van der Waals surface area contributed by atoms with Crippen LogP contribution in [-0.4, -0.2) is 40.4 Å². The van der Waals surface area contributed by atoms with Crippen LogP contribution >= 0.6 is 0 Å². The number of para-hydroxylation sites is 1. The summed E-state index contributed by atoms with van der Waals surface area (Å²) in [7, 11) is -3.37. The van der Waals surface area contributed by atoms with Gasteiger partial charge in [0.1, 0.15) is 5.82 Å². The highest BCUT2D eigenvalue weighted by molar-refractivity contribution is 7.90. The van der Waals surface area contributed by atoms with E-state index in [4.69, 9.17) is 4.98 Å². The van der Waals surface area contributed by atoms with Crippen LogP contribution in [0.4, 0.5) is 16.3 Å². The van der Waals surface area contributed by atoms with E-state index in [1.165, 1.54) is 6.26 Å². The summed E-state index contributed by atoms with van der Waals surface area (Å²) in [6.45, 7) is 0. The fourth-order valence-electron chi connectivity index (χ4n) is 5.92. The van der Waals surface area contributed by atoms with E-state index < -0.39 is 21.5 Å². The minimum absolute atomic E-state index is 0.235. The van der Waals surface area contributed by atoms with Gasteiger partial charge >= 0.3 is 6.09 Å². The van der Waals surface area contributed by atoms with Gasteiger partial charge in [0.25, 0.3) is 0 Å². The van der Waals surface area contributed by atoms with E-state index in [1.807, 2.05) is 60.7 Å². The molecule has 1 aliphatic carbocycles. The average Bonchev–Trinajstić information content (AvgIpc) is 3.29. The molecule has 1 saturated carbocycles. The maximum absolute atomic E-state index is 12.2. The van der Waals surface area contributed by atoms with Crippen molar-refractivity contribution in [1.29, 1.82) is 0 Å². The molecule has 1 aliphatic heterocycles. The maximum Gasteiger partial charge on any atom is 0.405 e. The Kier molecular flexibility index (Phi) is 5.91. The van der Waals surface area contributed by atoms with Crippen LogP contribution in [0.5, 0.6) is 0 Å². The summed E-state index contributed by atoms with van der Waals surface area (Å²) in [5, 5.41) is 15.7. The van der Waals surface area contributed by atoms with E-state index >= 15 is 0 Å². The molecule has 210 valence electrons. The zero-order valence-corrected chi connectivity index (χ0v) is 23.5. The van der Waals surface area contributed by atoms with Crippen LogP contribution in [0.2, 0.25) is 0 Å². The first kappa shape index (κ1) is 26.0. The number of hydrogen-bond donors (Lipinski definition) is 3. The summed E-state index contributed by atoms with van der Waals surface area (Å²) < 4.78 is 26.4. The molecule has 1 amide bonds. The zero-order valence-electron chi connectivity index (χ0n) is 22.7. The number of nitrogens with zero attached hydrogens (tertiary/aromatic N) is 3. The molecule has 5 aromatic rings. The summed E-state index contributed by atoms with van der Waals surface area (Å²) in [6.07, 6.45) is 4.36. The first-order valence-corrected chi connectivity index (χ1v) is 15.5. The second-order valence-corrected chi connectivity index (χ2v) is 12.8. The molecule has 0 radical (unpaired) electrons. The zero-order chi connectivity index (χ0) is 29.1. The quantitative estimate of drug-likeness (QED) is 0.217. The van der Waals surface area contributed by atoms with Crippen LogP contribution in [-0.2, 0) is 15.4 Å². The standard InChI is InChI=1S/C32H27N5O4S/c1-42(40,41)23-15-11-20(12-16-23)27-28(21-9-13-22(14-10-21)32(17-5-18-32)36-31(38)39)37-26-8-4-19-33-29(26)34-25-7-3-2-6-24(25)30(37)35-27/h2-4,6-16,19,36H,5,17-18H2,1H3,(H,33,34)(H,38,39). The van der Waals surface area contributed by atoms with E-state index in [-0.39, 0.29) is 4.90 Å². The molecule has 42 heavy (non-hydrogen) atoms. The number of hydrogen-bond acceptors (Lipinski definition) is 6. The monoisotopic (exact) mass is 577 g/mol. The molecule has 3 aromatic carbocycles. The Hall–Kier alpha value is -4.96. The minimum Gasteiger partial charge on any atom is -0.465 e. The lowest BCUT2D eigenvalue weighted by molar-refractivity contribution is 0.144. The molecule has 0 spiro atoms. The van der Waals surface area contributed by atoms with Crippen molar-refractivity contribution in [3.8, 4) is 39.6 Å². The number of imidazole rings is 1. The van der Waals surface area contributed by atoms with Crippen LogP contribution in [0.1, 0.15) is 24.8 Å². The fraction of sp³-hybridized carbons (Fsp3) is 0.156. The van der Waals surface area contributed by atoms with Crippen molar-refractivity contribution in [2.24, 2.45) is 0 Å². The van der Waals surface area contributed by atoms with E-state index in [0.29, 0.717) is 17.3 Å². The van der Waals surface area contributed by atoms with Crippen molar-refractivity contribution in [3.63, 3.8) is 0 Å². The summed E-state index contributed by atoms with van der Waals surface area (Å²) >= 11 is 0. The molecular formula is C32H27N5O4S. The highest BCUT2D eigenvalue weighted by atomic mass is 32.2. The van der Waals surface area contributed by atoms with Gasteiger partial charge in [0.05, 0.1) is 33.2 Å². The Morgan fingerprint density at radius 1 is 0.952 bits per heavy atom. The van der Waals surface area contributed by atoms with Crippen molar-refractivity contribution in [2.75, 3.05) is 11.6 Å². The number of pyridine rings is 1. The van der Waals surface area contributed by atoms with E-state index in [9.17, 15) is 18.3 Å². The number of aromatic nitrogens is 3. The molecule has 3 N–H and O–H groups in total. The van der Waals surface area contributed by atoms with Gasteiger partial charge in [-0.3, -0.25) is 4.57 Å². The summed E-state index contributed by atoms with van der Waals surface area (Å²) in [5.41, 5.74) is 6.06. The van der Waals surface area contributed by atoms with Gasteiger partial charge in [0, 0.05) is 29.1 Å². The summed E-state index contributed by atoms with van der Waals surface area (Å²) in [4.78, 5) is 21.6. The molecule has 2 aliphatic rings. The van der Waals surface area contributed by atoms with Gasteiger partial charge in [0.2, 0.25) is 0 Å². The van der Waals surface area contributed by atoms with Crippen molar-refractivity contribution in [1.82, 2.24) is 19.9 Å². The van der Waals surface area contributed by atoms with Crippen LogP contribution in [0.25, 0.3) is 39.6 Å². The third kappa shape index (κ3) is 4.22. The summed E-state index contributed by atoms with van der Waals surface area (Å²) in [6, 6.07) is 26.5. The number of benzene rings is 3. The summed E-state index contributed by atoms with van der Waals surface area (Å²) in [5.74, 6) is 1.39. The van der Waals surface area contributed by atoms with E-state index in [1.54, 1.807) is 30.5 Å². The molecule has 0 saturated heterocycles. The molecule has 9 nitrogen and oxygen atoms in total. The lowest BCUT2D eigenvalue weighted by atomic mass is 9.71. The fourth-order valence-corrected chi connectivity index (χ4v) is 6.55. The van der Waals surface area contributed by atoms with Crippen LogP contribution in [0.3, 0.4) is 0 Å². The lowest BCUT2D eigenvalue weighted by Gasteiger charge is -2.42. The second-order valence-electron chi connectivity index (χ2n) is 10.7. The van der Waals surface area contributed by atoms with Gasteiger partial charge in [-0.25, -0.2) is 23.2 Å². The average molecular weight is 578 g/mol. The Morgan fingerprint density at radius 3 is 2.33 bits per heavy atom. The first-order chi connectivity index (χ1) is 20.2. The topological polar surface area (TPSA) is 126 Å². The normalized spacial score (nSPS) is 14.8. The highest BCUT2D eigenvalue weighted by Gasteiger charge is 2.40. The van der Waals surface area contributed by atoms with Gasteiger partial charge < -0.3 is 15.7 Å². The highest BCUT2D eigenvalue weighted by Crippen LogP contribution is 2.46. The number of sulfone groups is 1. The van der Waals surface area contributed by atoms with Crippen molar-refractivity contribution >= 4 is 27.4 Å². The van der Waals surface area contributed by atoms with Crippen LogP contribution < -0.4 is 10.6 Å². The predicted molar refractivity (Wildman–Crippen MR) is 161 cm³/mol.